The molecular weight excluding hydrogens is 292 g/mol. The van der Waals surface area contributed by atoms with Crippen LogP contribution < -0.4 is 10.6 Å². The van der Waals surface area contributed by atoms with E-state index in [1.54, 1.807) is 6.07 Å². The molecule has 5 nitrogen and oxygen atoms in total. The first-order chi connectivity index (χ1) is 11.0. The number of aliphatic hydroxyl groups is 1. The van der Waals surface area contributed by atoms with Gasteiger partial charge < -0.3 is 15.7 Å². The normalized spacial score (nSPS) is 12.2. The highest BCUT2D eigenvalue weighted by atomic mass is 16.3. The minimum atomic E-state index is -0.749. The summed E-state index contributed by atoms with van der Waals surface area (Å²) in [5, 5.41) is 16.8. The van der Waals surface area contributed by atoms with E-state index in [0.29, 0.717) is 18.0 Å². The van der Waals surface area contributed by atoms with Gasteiger partial charge in [-0.2, -0.15) is 0 Å². The number of rotatable bonds is 5. The molecule has 0 aliphatic heterocycles. The molecule has 2 rings (SSSR count). The summed E-state index contributed by atoms with van der Waals surface area (Å²) in [6.07, 6.45) is -0.0699. The summed E-state index contributed by atoms with van der Waals surface area (Å²) < 4.78 is 0. The molecule has 0 aliphatic rings. The van der Waals surface area contributed by atoms with E-state index in [4.69, 9.17) is 0 Å². The maximum atomic E-state index is 11.9. The Balaban J connectivity index is 1.90. The minimum absolute atomic E-state index is 0.0716. The second-order valence-corrected chi connectivity index (χ2v) is 6.01. The predicted molar refractivity (Wildman–Crippen MR) is 91.0 cm³/mol. The molecule has 2 aromatic rings. The highest BCUT2D eigenvalue weighted by Crippen LogP contribution is 2.18. The van der Waals surface area contributed by atoms with Gasteiger partial charge in [-0.25, -0.2) is 0 Å². The lowest BCUT2D eigenvalue weighted by atomic mass is 10.1. The lowest BCUT2D eigenvalue weighted by molar-refractivity contribution is -0.136. The van der Waals surface area contributed by atoms with Crippen LogP contribution in [0.2, 0.25) is 0 Å². The van der Waals surface area contributed by atoms with Crippen molar-refractivity contribution in [1.29, 1.82) is 0 Å². The fourth-order valence-corrected chi connectivity index (χ4v) is 2.37. The molecule has 0 aliphatic carbocycles. The molecule has 2 aromatic carbocycles. The van der Waals surface area contributed by atoms with Crippen molar-refractivity contribution in [1.82, 2.24) is 5.32 Å². The van der Waals surface area contributed by atoms with Crippen LogP contribution in [0, 0.1) is 5.92 Å². The minimum Gasteiger partial charge on any atom is -0.391 e. The molecule has 0 fully saturated rings. The number of benzene rings is 2. The predicted octanol–water partition coefficient (Wildman–Crippen LogP) is 2.30. The third kappa shape index (κ3) is 5.07. The zero-order chi connectivity index (χ0) is 16.8. The summed E-state index contributed by atoms with van der Waals surface area (Å²) in [6.45, 7) is 4.04. The first-order valence-electron chi connectivity index (χ1n) is 7.71. The Morgan fingerprint density at radius 2 is 1.74 bits per heavy atom. The van der Waals surface area contributed by atoms with Crippen LogP contribution in [0.5, 0.6) is 0 Å². The van der Waals surface area contributed by atoms with Gasteiger partial charge in [-0.05, 0) is 35.2 Å². The molecule has 122 valence electrons. The van der Waals surface area contributed by atoms with Gasteiger partial charge in [0.25, 0.3) is 0 Å². The number of fused-ring (bicyclic) bond motifs is 1. The van der Waals surface area contributed by atoms with Gasteiger partial charge in [-0.15, -0.1) is 0 Å². The van der Waals surface area contributed by atoms with Gasteiger partial charge in [-0.3, -0.25) is 9.59 Å². The summed E-state index contributed by atoms with van der Waals surface area (Å²) in [5.41, 5.74) is 0.562. The number of amides is 2. The van der Waals surface area contributed by atoms with Gasteiger partial charge in [0.05, 0.1) is 6.10 Å². The van der Waals surface area contributed by atoms with Gasteiger partial charge in [0.15, 0.2) is 0 Å². The molecule has 2 amide bonds. The van der Waals surface area contributed by atoms with E-state index >= 15 is 0 Å². The van der Waals surface area contributed by atoms with E-state index in [2.05, 4.69) is 10.6 Å². The van der Waals surface area contributed by atoms with E-state index in [9.17, 15) is 14.7 Å². The molecule has 1 atom stereocenters. The number of nitrogens with one attached hydrogen (secondary N) is 2. The topological polar surface area (TPSA) is 78.4 Å². The summed E-state index contributed by atoms with van der Waals surface area (Å²) in [5.74, 6) is -1.16. The fourth-order valence-electron chi connectivity index (χ4n) is 2.37. The lowest BCUT2D eigenvalue weighted by Crippen LogP contribution is -2.39. The Morgan fingerprint density at radius 1 is 1.04 bits per heavy atom. The van der Waals surface area contributed by atoms with Crippen LogP contribution in [0.1, 0.15) is 20.3 Å². The highest BCUT2D eigenvalue weighted by Gasteiger charge is 2.15. The van der Waals surface area contributed by atoms with Crippen molar-refractivity contribution in [3.05, 3.63) is 42.5 Å². The van der Waals surface area contributed by atoms with E-state index in [1.165, 1.54) is 0 Å². The average molecular weight is 314 g/mol. The van der Waals surface area contributed by atoms with E-state index < -0.39 is 17.9 Å². The zero-order valence-corrected chi connectivity index (χ0v) is 13.4. The molecular formula is C18H22N2O3. The monoisotopic (exact) mass is 314 g/mol. The highest BCUT2D eigenvalue weighted by molar-refractivity contribution is 6.39. The van der Waals surface area contributed by atoms with Gasteiger partial charge in [0, 0.05) is 12.2 Å². The molecule has 3 N–H and O–H groups in total. The van der Waals surface area contributed by atoms with Gasteiger partial charge in [0.2, 0.25) is 0 Å². The van der Waals surface area contributed by atoms with Crippen LogP contribution >= 0.6 is 0 Å². The maximum absolute atomic E-state index is 11.9. The molecule has 0 heterocycles. The Morgan fingerprint density at radius 3 is 2.43 bits per heavy atom. The number of carbonyl (C=O) groups excluding carboxylic acids is 2. The van der Waals surface area contributed by atoms with Crippen LogP contribution in [0.15, 0.2) is 42.5 Å². The van der Waals surface area contributed by atoms with Crippen LogP contribution in [0.3, 0.4) is 0 Å². The van der Waals surface area contributed by atoms with Gasteiger partial charge >= 0.3 is 11.8 Å². The smallest absolute Gasteiger partial charge is 0.313 e. The first kappa shape index (κ1) is 17.0. The lowest BCUT2D eigenvalue weighted by Gasteiger charge is -2.13. The van der Waals surface area contributed by atoms with Crippen LogP contribution in [0.4, 0.5) is 5.69 Å². The fraction of sp³-hybridized carbons (Fsp3) is 0.333. The number of hydrogen-bond donors (Lipinski definition) is 3. The van der Waals surface area contributed by atoms with E-state index in [0.717, 1.165) is 10.8 Å². The second kappa shape index (κ2) is 7.74. The molecule has 0 spiro atoms. The van der Waals surface area contributed by atoms with Crippen molar-refractivity contribution < 1.29 is 14.7 Å². The summed E-state index contributed by atoms with van der Waals surface area (Å²) in [7, 11) is 0. The first-order valence-corrected chi connectivity index (χ1v) is 7.71. The zero-order valence-electron chi connectivity index (χ0n) is 13.4. The summed E-state index contributed by atoms with van der Waals surface area (Å²) >= 11 is 0. The number of anilines is 1. The SMILES string of the molecule is CC(C)CC(O)CNC(=O)C(=O)Nc1ccc2ccccc2c1. The number of aliphatic hydroxyl groups excluding tert-OH is 1. The maximum Gasteiger partial charge on any atom is 0.313 e. The van der Waals surface area contributed by atoms with Crippen molar-refractivity contribution in [2.75, 3.05) is 11.9 Å². The Labute approximate surface area is 135 Å². The van der Waals surface area contributed by atoms with E-state index in [1.807, 2.05) is 50.2 Å². The largest absolute Gasteiger partial charge is 0.391 e. The second-order valence-electron chi connectivity index (χ2n) is 6.01. The number of hydrogen-bond acceptors (Lipinski definition) is 3. The van der Waals surface area contributed by atoms with Crippen molar-refractivity contribution in [3.8, 4) is 0 Å². The van der Waals surface area contributed by atoms with Crippen molar-refractivity contribution in [2.45, 2.75) is 26.4 Å². The van der Waals surface area contributed by atoms with E-state index in [-0.39, 0.29) is 6.54 Å². The average Bonchev–Trinajstić information content (AvgIpc) is 2.51. The number of carbonyl (C=O) groups is 2. The van der Waals surface area contributed by atoms with Crippen molar-refractivity contribution in [3.63, 3.8) is 0 Å². The van der Waals surface area contributed by atoms with Crippen LogP contribution in [-0.2, 0) is 9.59 Å². The molecule has 0 aromatic heterocycles. The van der Waals surface area contributed by atoms with Crippen LogP contribution in [0.25, 0.3) is 10.8 Å². The molecule has 1 unspecified atom stereocenters. The molecule has 0 saturated carbocycles. The van der Waals surface area contributed by atoms with Crippen LogP contribution in [-0.4, -0.2) is 29.6 Å². The van der Waals surface area contributed by atoms with Crippen molar-refractivity contribution in [2.24, 2.45) is 5.92 Å². The molecule has 23 heavy (non-hydrogen) atoms. The molecule has 0 radical (unpaired) electrons. The molecule has 0 bridgehead atoms. The third-order valence-electron chi connectivity index (χ3n) is 3.46. The Kier molecular flexibility index (Phi) is 5.71. The van der Waals surface area contributed by atoms with Crippen molar-refractivity contribution >= 4 is 28.3 Å². The van der Waals surface area contributed by atoms with Gasteiger partial charge in [0.1, 0.15) is 0 Å². The molecule has 0 saturated heterocycles. The summed E-state index contributed by atoms with van der Waals surface area (Å²) in [4.78, 5) is 23.6. The standard InChI is InChI=1S/C18H22N2O3/c1-12(2)9-16(21)11-19-17(22)18(23)20-15-8-7-13-5-3-4-6-14(13)10-15/h3-8,10,12,16,21H,9,11H2,1-2H3,(H,19,22)(H,20,23). The Hall–Kier alpha value is -2.40. The molecule has 5 heteroatoms. The third-order valence-corrected chi connectivity index (χ3v) is 3.46. The Bertz CT molecular complexity index is 697. The quantitative estimate of drug-likeness (QED) is 0.741. The van der Waals surface area contributed by atoms with Gasteiger partial charge in [-0.1, -0.05) is 44.2 Å². The summed E-state index contributed by atoms with van der Waals surface area (Å²) in [6, 6.07) is 13.2.